The van der Waals surface area contributed by atoms with E-state index >= 15 is 0 Å². The van der Waals surface area contributed by atoms with Gasteiger partial charge in [0.05, 0.1) is 13.3 Å². The summed E-state index contributed by atoms with van der Waals surface area (Å²) in [4.78, 5) is 11.7. The Morgan fingerprint density at radius 2 is 2.06 bits per heavy atom. The van der Waals surface area contributed by atoms with Gasteiger partial charge >= 0.3 is 5.97 Å². The average molecular weight is 234 g/mol. The Morgan fingerprint density at radius 1 is 1.35 bits per heavy atom. The first-order valence-corrected chi connectivity index (χ1v) is 4.77. The van der Waals surface area contributed by atoms with Gasteiger partial charge in [0.1, 0.15) is 5.69 Å². The van der Waals surface area contributed by atoms with Gasteiger partial charge in [-0.2, -0.15) is 0 Å². The highest BCUT2D eigenvalue weighted by molar-refractivity contribution is 5.93. The highest BCUT2D eigenvalue weighted by atomic mass is 16.6. The zero-order valence-electron chi connectivity index (χ0n) is 9.04. The number of esters is 1. The topological polar surface area (TPSA) is 87.6 Å². The molecule has 0 spiro atoms. The van der Waals surface area contributed by atoms with Gasteiger partial charge in [0.25, 0.3) is 5.76 Å². The number of nitrogens with zero attached hydrogens (tertiary/aromatic N) is 1. The highest BCUT2D eigenvalue weighted by Crippen LogP contribution is 2.27. The first-order chi connectivity index (χ1) is 8.22. The lowest BCUT2D eigenvalue weighted by Gasteiger charge is -2.07. The summed E-state index contributed by atoms with van der Waals surface area (Å²) in [6.45, 7) is 0. The molecular weight excluding hydrogens is 224 g/mol. The zero-order chi connectivity index (χ0) is 12.3. The SMILES string of the molecule is COc1ccccc1OC(=O)c1oncc1N. The number of hydrogen-bond acceptors (Lipinski definition) is 6. The van der Waals surface area contributed by atoms with Gasteiger partial charge in [-0.1, -0.05) is 17.3 Å². The molecule has 0 atom stereocenters. The van der Waals surface area contributed by atoms with E-state index < -0.39 is 5.97 Å². The fourth-order valence-corrected chi connectivity index (χ4v) is 1.25. The molecule has 0 saturated carbocycles. The summed E-state index contributed by atoms with van der Waals surface area (Å²) in [5.41, 5.74) is 5.61. The maximum atomic E-state index is 11.7. The Balaban J connectivity index is 2.22. The van der Waals surface area contributed by atoms with Crippen LogP contribution in [0.25, 0.3) is 0 Å². The van der Waals surface area contributed by atoms with Gasteiger partial charge in [0, 0.05) is 0 Å². The maximum Gasteiger partial charge on any atom is 0.384 e. The Hall–Kier alpha value is -2.50. The van der Waals surface area contributed by atoms with E-state index in [0.29, 0.717) is 5.75 Å². The lowest BCUT2D eigenvalue weighted by molar-refractivity contribution is 0.0687. The second kappa shape index (κ2) is 4.56. The minimum absolute atomic E-state index is 0.129. The zero-order valence-corrected chi connectivity index (χ0v) is 9.04. The molecule has 6 nitrogen and oxygen atoms in total. The summed E-state index contributed by atoms with van der Waals surface area (Å²) in [5.74, 6) is -0.116. The Labute approximate surface area is 96.9 Å². The third kappa shape index (κ3) is 2.20. The molecule has 1 aromatic heterocycles. The van der Waals surface area contributed by atoms with Crippen molar-refractivity contribution in [2.45, 2.75) is 0 Å². The quantitative estimate of drug-likeness (QED) is 0.639. The molecule has 88 valence electrons. The highest BCUT2D eigenvalue weighted by Gasteiger charge is 2.18. The van der Waals surface area contributed by atoms with E-state index in [9.17, 15) is 4.79 Å². The number of carbonyl (C=O) groups is 1. The number of anilines is 1. The molecule has 0 saturated heterocycles. The van der Waals surface area contributed by atoms with Crippen molar-refractivity contribution >= 4 is 11.7 Å². The van der Waals surface area contributed by atoms with Gasteiger partial charge < -0.3 is 19.7 Å². The van der Waals surface area contributed by atoms with Crippen LogP contribution in [-0.4, -0.2) is 18.2 Å². The van der Waals surface area contributed by atoms with Crippen LogP contribution in [0.1, 0.15) is 10.6 Å². The lowest BCUT2D eigenvalue weighted by Crippen LogP contribution is -2.10. The van der Waals surface area contributed by atoms with Crippen LogP contribution in [-0.2, 0) is 0 Å². The molecule has 2 aromatic rings. The summed E-state index contributed by atoms with van der Waals surface area (Å²) < 4.78 is 14.8. The molecule has 17 heavy (non-hydrogen) atoms. The molecule has 0 radical (unpaired) electrons. The molecule has 0 bridgehead atoms. The molecule has 1 heterocycles. The van der Waals surface area contributed by atoms with Gasteiger partial charge in [-0.3, -0.25) is 0 Å². The summed E-state index contributed by atoms with van der Waals surface area (Å²) in [7, 11) is 1.48. The van der Waals surface area contributed by atoms with Crippen molar-refractivity contribution < 1.29 is 18.8 Å². The van der Waals surface area contributed by atoms with Gasteiger partial charge in [-0.25, -0.2) is 4.79 Å². The van der Waals surface area contributed by atoms with Crippen molar-refractivity contribution in [3.63, 3.8) is 0 Å². The molecule has 0 aliphatic carbocycles. The number of ether oxygens (including phenoxy) is 2. The first-order valence-electron chi connectivity index (χ1n) is 4.77. The number of rotatable bonds is 3. The first kappa shape index (κ1) is 11.0. The molecule has 0 aliphatic heterocycles. The van der Waals surface area contributed by atoms with Crippen molar-refractivity contribution in [1.29, 1.82) is 0 Å². The van der Waals surface area contributed by atoms with E-state index in [1.807, 2.05) is 0 Å². The average Bonchev–Trinajstić information content (AvgIpc) is 2.76. The normalized spacial score (nSPS) is 9.94. The third-order valence-electron chi connectivity index (χ3n) is 2.06. The second-order valence-electron chi connectivity index (χ2n) is 3.15. The van der Waals surface area contributed by atoms with Crippen LogP contribution >= 0.6 is 0 Å². The van der Waals surface area contributed by atoms with Crippen LogP contribution in [0.3, 0.4) is 0 Å². The molecule has 2 N–H and O–H groups in total. The fraction of sp³-hybridized carbons (Fsp3) is 0.0909. The van der Waals surface area contributed by atoms with Crippen LogP contribution in [0.15, 0.2) is 35.0 Å². The van der Waals surface area contributed by atoms with Crippen LogP contribution in [0, 0.1) is 0 Å². The number of benzene rings is 1. The summed E-state index contributed by atoms with van der Waals surface area (Å²) >= 11 is 0. The number of aromatic nitrogens is 1. The molecule has 0 fully saturated rings. The minimum Gasteiger partial charge on any atom is -0.493 e. The molecule has 0 amide bonds. The van der Waals surface area contributed by atoms with Gasteiger partial charge in [-0.05, 0) is 12.1 Å². The predicted molar refractivity (Wildman–Crippen MR) is 58.9 cm³/mol. The number of hydrogen-bond donors (Lipinski definition) is 1. The predicted octanol–water partition coefficient (Wildman–Crippen LogP) is 1.48. The number of carbonyl (C=O) groups excluding carboxylic acids is 1. The Bertz CT molecular complexity index is 536. The largest absolute Gasteiger partial charge is 0.493 e. The third-order valence-corrected chi connectivity index (χ3v) is 2.06. The van der Waals surface area contributed by atoms with Gasteiger partial charge in [0.15, 0.2) is 11.5 Å². The van der Waals surface area contributed by atoms with E-state index in [4.69, 9.17) is 15.2 Å². The van der Waals surface area contributed by atoms with E-state index in [1.165, 1.54) is 13.3 Å². The lowest BCUT2D eigenvalue weighted by atomic mass is 10.3. The maximum absolute atomic E-state index is 11.7. The summed E-state index contributed by atoms with van der Waals surface area (Å²) in [6.07, 6.45) is 1.23. The summed E-state index contributed by atoms with van der Waals surface area (Å²) in [5, 5.41) is 3.39. The molecule has 2 rings (SSSR count). The monoisotopic (exact) mass is 234 g/mol. The van der Waals surface area contributed by atoms with E-state index in [0.717, 1.165) is 0 Å². The second-order valence-corrected chi connectivity index (χ2v) is 3.15. The Kier molecular flexibility index (Phi) is 2.95. The van der Waals surface area contributed by atoms with E-state index in [1.54, 1.807) is 24.3 Å². The fourth-order valence-electron chi connectivity index (χ4n) is 1.25. The van der Waals surface area contributed by atoms with Crippen molar-refractivity contribution in [3.05, 3.63) is 36.2 Å². The number of nitrogens with two attached hydrogens (primary N) is 1. The van der Waals surface area contributed by atoms with Gasteiger partial charge in [-0.15, -0.1) is 0 Å². The molecule has 0 unspecified atom stereocenters. The number of para-hydroxylation sites is 2. The van der Waals surface area contributed by atoms with Crippen LogP contribution in [0.4, 0.5) is 5.69 Å². The summed E-state index contributed by atoms with van der Waals surface area (Å²) in [6, 6.07) is 6.75. The van der Waals surface area contributed by atoms with Crippen molar-refractivity contribution in [2.24, 2.45) is 0 Å². The van der Waals surface area contributed by atoms with Crippen LogP contribution in [0.5, 0.6) is 11.5 Å². The van der Waals surface area contributed by atoms with Gasteiger partial charge in [0.2, 0.25) is 0 Å². The standard InChI is InChI=1S/C11H10N2O4/c1-15-8-4-2-3-5-9(8)16-11(14)10-7(12)6-13-17-10/h2-6H,12H2,1H3. The molecule has 1 aromatic carbocycles. The van der Waals surface area contributed by atoms with E-state index in [-0.39, 0.29) is 17.2 Å². The van der Waals surface area contributed by atoms with Crippen molar-refractivity contribution in [1.82, 2.24) is 5.16 Å². The number of nitrogen functional groups attached to an aromatic ring is 1. The van der Waals surface area contributed by atoms with Crippen LogP contribution < -0.4 is 15.2 Å². The smallest absolute Gasteiger partial charge is 0.384 e. The number of methoxy groups -OCH3 is 1. The van der Waals surface area contributed by atoms with Crippen molar-refractivity contribution in [2.75, 3.05) is 12.8 Å². The molecule has 0 aliphatic rings. The van der Waals surface area contributed by atoms with Crippen molar-refractivity contribution in [3.8, 4) is 11.5 Å². The van der Waals surface area contributed by atoms with Crippen LogP contribution in [0.2, 0.25) is 0 Å². The van der Waals surface area contributed by atoms with E-state index in [2.05, 4.69) is 9.68 Å². The minimum atomic E-state index is -0.718. The Morgan fingerprint density at radius 3 is 2.65 bits per heavy atom. The molecular formula is C11H10N2O4. The molecule has 6 heteroatoms.